The maximum atomic E-state index is 13.9. The normalized spacial score (nSPS) is 27.1. The molecule has 2 unspecified atom stereocenters. The Hall–Kier alpha value is -1.66. The summed E-state index contributed by atoms with van der Waals surface area (Å²) in [6, 6.07) is 5.73. The van der Waals surface area contributed by atoms with Crippen molar-refractivity contribution in [2.24, 2.45) is 11.3 Å². The number of piperidine rings is 1. The molecular formula is C18H23ClFN3O2. The molecule has 2 amide bonds. The molecule has 2 saturated heterocycles. The summed E-state index contributed by atoms with van der Waals surface area (Å²) in [5, 5.41) is 6.23. The first-order chi connectivity index (χ1) is 11.6. The van der Waals surface area contributed by atoms with Gasteiger partial charge < -0.3 is 15.5 Å². The molecule has 25 heavy (non-hydrogen) atoms. The van der Waals surface area contributed by atoms with E-state index in [0.717, 1.165) is 32.4 Å². The minimum Gasteiger partial charge on any atom is -0.344 e. The fraction of sp³-hybridized carbons (Fsp3) is 0.556. The van der Waals surface area contributed by atoms with Crippen LogP contribution in [0.15, 0.2) is 24.3 Å². The molecule has 136 valence electrons. The van der Waals surface area contributed by atoms with Gasteiger partial charge in [-0.3, -0.25) is 9.59 Å². The van der Waals surface area contributed by atoms with Crippen LogP contribution in [0.5, 0.6) is 0 Å². The van der Waals surface area contributed by atoms with Gasteiger partial charge in [0.05, 0.1) is 5.69 Å². The van der Waals surface area contributed by atoms with Crippen LogP contribution in [-0.2, 0) is 9.59 Å². The molecule has 2 atom stereocenters. The molecule has 0 bridgehead atoms. The quantitative estimate of drug-likeness (QED) is 0.857. The van der Waals surface area contributed by atoms with Gasteiger partial charge in [-0.05, 0) is 56.3 Å². The Balaban J connectivity index is 0.00000182. The first-order valence-electron chi connectivity index (χ1n) is 8.68. The molecular weight excluding hydrogens is 345 g/mol. The Bertz CT molecular complexity index is 678. The molecule has 1 saturated carbocycles. The van der Waals surface area contributed by atoms with E-state index in [2.05, 4.69) is 10.6 Å². The van der Waals surface area contributed by atoms with Crippen molar-refractivity contribution < 1.29 is 14.0 Å². The van der Waals surface area contributed by atoms with E-state index >= 15 is 0 Å². The van der Waals surface area contributed by atoms with Crippen LogP contribution in [-0.4, -0.2) is 37.5 Å². The first-order valence-corrected chi connectivity index (χ1v) is 8.68. The van der Waals surface area contributed by atoms with Crippen LogP contribution in [0, 0.1) is 17.2 Å². The number of carbonyl (C=O) groups is 2. The number of amides is 2. The van der Waals surface area contributed by atoms with Gasteiger partial charge in [0.1, 0.15) is 11.9 Å². The summed E-state index contributed by atoms with van der Waals surface area (Å²) in [5.74, 6) is -0.595. The minimum atomic E-state index is -0.531. The van der Waals surface area contributed by atoms with Crippen molar-refractivity contribution in [3.05, 3.63) is 30.1 Å². The number of nitrogens with one attached hydrogen (secondary N) is 2. The average Bonchev–Trinajstić information content (AvgIpc) is 3.16. The number of anilines is 1. The first kappa shape index (κ1) is 18.1. The molecule has 4 rings (SSSR count). The maximum Gasteiger partial charge on any atom is 0.249 e. The minimum absolute atomic E-state index is 0. The molecule has 2 N–H and O–H groups in total. The fourth-order valence-electron chi connectivity index (χ4n) is 4.19. The van der Waals surface area contributed by atoms with Crippen LogP contribution >= 0.6 is 12.4 Å². The smallest absolute Gasteiger partial charge is 0.249 e. The van der Waals surface area contributed by atoms with E-state index in [1.807, 2.05) is 0 Å². The third kappa shape index (κ3) is 3.25. The zero-order chi connectivity index (χ0) is 16.7. The summed E-state index contributed by atoms with van der Waals surface area (Å²) in [5.41, 5.74) is 0.447. The van der Waals surface area contributed by atoms with Gasteiger partial charge in [-0.1, -0.05) is 12.1 Å². The molecule has 2 aliphatic heterocycles. The van der Waals surface area contributed by atoms with Gasteiger partial charge in [0.15, 0.2) is 0 Å². The molecule has 5 nitrogen and oxygen atoms in total. The Morgan fingerprint density at radius 3 is 2.72 bits per heavy atom. The van der Waals surface area contributed by atoms with Gasteiger partial charge in [0.2, 0.25) is 11.8 Å². The van der Waals surface area contributed by atoms with Crippen molar-refractivity contribution in [1.82, 2.24) is 10.6 Å². The summed E-state index contributed by atoms with van der Waals surface area (Å²) < 4.78 is 13.9. The van der Waals surface area contributed by atoms with Crippen molar-refractivity contribution in [2.75, 3.05) is 24.5 Å². The molecule has 2 heterocycles. The molecule has 1 aromatic carbocycles. The number of carbonyl (C=O) groups excluding carboxylic acids is 2. The standard InChI is InChI=1S/C18H22FN3O2.ClH/c19-13-3-1-2-4-15(13)22-10-5-14(17(22)24)21-16(23)12-11-18(12)6-8-20-9-7-18;/h1-4,12,14,20H,5-11H2,(H,21,23);1H. The third-order valence-corrected chi connectivity index (χ3v) is 5.77. The van der Waals surface area contributed by atoms with Gasteiger partial charge in [-0.15, -0.1) is 12.4 Å². The van der Waals surface area contributed by atoms with Crippen molar-refractivity contribution >= 4 is 29.9 Å². The zero-order valence-corrected chi connectivity index (χ0v) is 14.8. The molecule has 1 aromatic rings. The second kappa shape index (κ2) is 6.92. The summed E-state index contributed by atoms with van der Waals surface area (Å²) in [6.07, 6.45) is 3.52. The lowest BCUT2D eigenvalue weighted by molar-refractivity contribution is -0.128. The van der Waals surface area contributed by atoms with Crippen LogP contribution < -0.4 is 15.5 Å². The predicted molar refractivity (Wildman–Crippen MR) is 95.2 cm³/mol. The zero-order valence-electron chi connectivity index (χ0n) is 14.0. The lowest BCUT2D eigenvalue weighted by atomic mass is 9.91. The Morgan fingerprint density at radius 2 is 2.00 bits per heavy atom. The second-order valence-electron chi connectivity index (χ2n) is 7.16. The maximum absolute atomic E-state index is 13.9. The van der Waals surface area contributed by atoms with Crippen LogP contribution in [0.4, 0.5) is 10.1 Å². The Morgan fingerprint density at radius 1 is 1.28 bits per heavy atom. The highest BCUT2D eigenvalue weighted by atomic mass is 35.5. The number of hydrogen-bond acceptors (Lipinski definition) is 3. The van der Waals surface area contributed by atoms with Crippen molar-refractivity contribution in [3.63, 3.8) is 0 Å². The molecule has 0 aromatic heterocycles. The van der Waals surface area contributed by atoms with E-state index in [0.29, 0.717) is 18.7 Å². The topological polar surface area (TPSA) is 61.4 Å². The summed E-state index contributed by atoms with van der Waals surface area (Å²) in [6.45, 7) is 2.37. The highest BCUT2D eigenvalue weighted by molar-refractivity contribution is 6.01. The van der Waals surface area contributed by atoms with Gasteiger partial charge >= 0.3 is 0 Å². The fourth-order valence-corrected chi connectivity index (χ4v) is 4.19. The lowest BCUT2D eigenvalue weighted by Gasteiger charge is -2.23. The van der Waals surface area contributed by atoms with Crippen molar-refractivity contribution in [3.8, 4) is 0 Å². The molecule has 1 aliphatic carbocycles. The molecule has 3 aliphatic rings. The number of benzene rings is 1. The van der Waals surface area contributed by atoms with E-state index < -0.39 is 11.9 Å². The summed E-state index contributed by atoms with van der Waals surface area (Å²) >= 11 is 0. The van der Waals surface area contributed by atoms with E-state index in [-0.39, 0.29) is 35.6 Å². The Labute approximate surface area is 152 Å². The highest BCUT2D eigenvalue weighted by Crippen LogP contribution is 2.58. The molecule has 7 heteroatoms. The van der Waals surface area contributed by atoms with Crippen LogP contribution in [0.25, 0.3) is 0 Å². The van der Waals surface area contributed by atoms with Crippen LogP contribution in [0.3, 0.4) is 0 Å². The van der Waals surface area contributed by atoms with Crippen molar-refractivity contribution in [2.45, 2.75) is 31.7 Å². The third-order valence-electron chi connectivity index (χ3n) is 5.77. The summed E-state index contributed by atoms with van der Waals surface area (Å²) in [7, 11) is 0. The van der Waals surface area contributed by atoms with E-state index in [4.69, 9.17) is 0 Å². The predicted octanol–water partition coefficient (Wildman–Crippen LogP) is 1.86. The van der Waals surface area contributed by atoms with Gasteiger partial charge in [-0.2, -0.15) is 0 Å². The number of rotatable bonds is 3. The van der Waals surface area contributed by atoms with Gasteiger partial charge in [0, 0.05) is 12.5 Å². The highest BCUT2D eigenvalue weighted by Gasteiger charge is 2.58. The number of para-hydroxylation sites is 1. The monoisotopic (exact) mass is 367 g/mol. The van der Waals surface area contributed by atoms with E-state index in [1.54, 1.807) is 18.2 Å². The SMILES string of the molecule is Cl.O=C(NC1CCN(c2ccccc2F)C1=O)C1CC12CCNCC2. The number of halogens is 2. The number of nitrogens with zero attached hydrogens (tertiary/aromatic N) is 1. The van der Waals surface area contributed by atoms with Gasteiger partial charge in [0.25, 0.3) is 0 Å². The summed E-state index contributed by atoms with van der Waals surface area (Å²) in [4.78, 5) is 26.5. The van der Waals surface area contributed by atoms with Crippen LogP contribution in [0.2, 0.25) is 0 Å². The van der Waals surface area contributed by atoms with Crippen molar-refractivity contribution in [1.29, 1.82) is 0 Å². The molecule has 0 radical (unpaired) electrons. The van der Waals surface area contributed by atoms with Gasteiger partial charge in [-0.25, -0.2) is 4.39 Å². The second-order valence-corrected chi connectivity index (χ2v) is 7.16. The lowest BCUT2D eigenvalue weighted by Crippen LogP contribution is -2.43. The largest absolute Gasteiger partial charge is 0.344 e. The van der Waals surface area contributed by atoms with E-state index in [9.17, 15) is 14.0 Å². The number of hydrogen-bond donors (Lipinski definition) is 2. The average molecular weight is 368 g/mol. The molecule has 1 spiro atoms. The molecule has 3 fully saturated rings. The Kier molecular flexibility index (Phi) is 5.02. The van der Waals surface area contributed by atoms with E-state index in [1.165, 1.54) is 11.0 Å². The van der Waals surface area contributed by atoms with Crippen LogP contribution in [0.1, 0.15) is 25.7 Å².